The van der Waals surface area contributed by atoms with Crippen molar-refractivity contribution in [3.05, 3.63) is 0 Å². The second kappa shape index (κ2) is 5.27. The van der Waals surface area contributed by atoms with Crippen LogP contribution in [0.1, 0.15) is 0 Å². The first kappa shape index (κ1) is 8.13. The molecule has 0 aliphatic carbocycles. The Kier molecular flexibility index (Phi) is 5.36. The lowest BCUT2D eigenvalue weighted by Crippen LogP contribution is -1.97. The third-order valence-corrected chi connectivity index (χ3v) is 2.26. The lowest BCUT2D eigenvalue weighted by molar-refractivity contribution is -0.133. The zero-order chi connectivity index (χ0) is 6.41. The van der Waals surface area contributed by atoms with Crippen LogP contribution in [0, 0.1) is 0 Å². The second-order valence-electron chi connectivity index (χ2n) is 0.940. The fourth-order valence-electron chi connectivity index (χ4n) is 0.140. The summed E-state index contributed by atoms with van der Waals surface area (Å²) in [6, 6.07) is 0. The molecule has 0 bridgehead atoms. The van der Waals surface area contributed by atoms with Gasteiger partial charge in [-0.05, 0) is 0 Å². The van der Waals surface area contributed by atoms with E-state index in [2.05, 4.69) is 0 Å². The monoisotopic (exact) mass is 153 g/mol. The molecule has 0 saturated carbocycles. The summed E-state index contributed by atoms with van der Waals surface area (Å²) in [4.78, 5) is 9.80. The minimum atomic E-state index is -0.795. The SMILES string of the molecule is NCSSCC(=O)O. The third kappa shape index (κ3) is 6.13. The van der Waals surface area contributed by atoms with Crippen LogP contribution < -0.4 is 5.73 Å². The maximum Gasteiger partial charge on any atom is 0.314 e. The number of hydrogen-bond acceptors (Lipinski definition) is 4. The number of aliphatic carboxylic acids is 1. The van der Waals surface area contributed by atoms with Crippen molar-refractivity contribution >= 4 is 27.6 Å². The molecule has 0 aliphatic rings. The summed E-state index contributed by atoms with van der Waals surface area (Å²) >= 11 is 0. The van der Waals surface area contributed by atoms with Crippen LogP contribution in [-0.2, 0) is 4.79 Å². The predicted octanol–water partition coefficient (Wildman–Crippen LogP) is 0.369. The van der Waals surface area contributed by atoms with Crippen molar-refractivity contribution in [1.82, 2.24) is 0 Å². The highest BCUT2D eigenvalue weighted by Gasteiger charge is 1.93. The fourth-order valence-corrected chi connectivity index (χ4v) is 1.26. The Morgan fingerprint density at radius 2 is 2.25 bits per heavy atom. The van der Waals surface area contributed by atoms with Crippen molar-refractivity contribution in [3.8, 4) is 0 Å². The van der Waals surface area contributed by atoms with Crippen molar-refractivity contribution < 1.29 is 9.90 Å². The van der Waals surface area contributed by atoms with Gasteiger partial charge in [-0.1, -0.05) is 21.6 Å². The van der Waals surface area contributed by atoms with Gasteiger partial charge in [-0.3, -0.25) is 4.79 Å². The molecule has 3 N–H and O–H groups in total. The summed E-state index contributed by atoms with van der Waals surface area (Å²) in [6.45, 7) is 0. The van der Waals surface area contributed by atoms with Gasteiger partial charge in [0.1, 0.15) is 5.75 Å². The summed E-state index contributed by atoms with van der Waals surface area (Å²) in [7, 11) is 2.60. The van der Waals surface area contributed by atoms with Gasteiger partial charge in [-0.25, -0.2) is 0 Å². The Balaban J connectivity index is 2.82. The first-order valence-electron chi connectivity index (χ1n) is 1.93. The van der Waals surface area contributed by atoms with Gasteiger partial charge in [0.15, 0.2) is 0 Å². The van der Waals surface area contributed by atoms with Gasteiger partial charge in [-0.15, -0.1) is 0 Å². The van der Waals surface area contributed by atoms with E-state index in [1.165, 1.54) is 21.6 Å². The molecule has 0 heterocycles. The molecule has 48 valence electrons. The van der Waals surface area contributed by atoms with E-state index in [1.54, 1.807) is 0 Å². The van der Waals surface area contributed by atoms with E-state index in [0.717, 1.165) is 0 Å². The average Bonchev–Trinajstić information content (AvgIpc) is 1.66. The van der Waals surface area contributed by atoms with Crippen LogP contribution in [0.15, 0.2) is 0 Å². The topological polar surface area (TPSA) is 63.3 Å². The van der Waals surface area contributed by atoms with Gasteiger partial charge in [0.2, 0.25) is 0 Å². The second-order valence-corrected chi connectivity index (χ2v) is 3.45. The Bertz CT molecular complexity index is 77.7. The minimum absolute atomic E-state index is 0.127. The van der Waals surface area contributed by atoms with Gasteiger partial charge in [0.25, 0.3) is 0 Å². The molecule has 0 spiro atoms. The van der Waals surface area contributed by atoms with E-state index in [9.17, 15) is 4.79 Å². The molecule has 0 unspecified atom stereocenters. The zero-order valence-corrected chi connectivity index (χ0v) is 5.80. The summed E-state index contributed by atoms with van der Waals surface area (Å²) in [5, 5.41) is 8.07. The molecule has 0 saturated heterocycles. The third-order valence-electron chi connectivity index (χ3n) is 0.334. The highest BCUT2D eigenvalue weighted by Crippen LogP contribution is 2.17. The van der Waals surface area contributed by atoms with Crippen LogP contribution in [0.4, 0.5) is 0 Å². The Hall–Kier alpha value is 0.130. The van der Waals surface area contributed by atoms with Gasteiger partial charge >= 0.3 is 5.97 Å². The molecule has 0 aromatic carbocycles. The van der Waals surface area contributed by atoms with E-state index in [-0.39, 0.29) is 5.75 Å². The Morgan fingerprint density at radius 1 is 1.62 bits per heavy atom. The zero-order valence-electron chi connectivity index (χ0n) is 4.16. The number of nitrogens with two attached hydrogens (primary N) is 1. The highest BCUT2D eigenvalue weighted by atomic mass is 33.1. The smallest absolute Gasteiger partial charge is 0.314 e. The standard InChI is InChI=1S/C3H7NO2S2/c4-2-8-7-1-3(5)6/h1-2,4H2,(H,5,6). The van der Waals surface area contributed by atoms with Crippen LogP contribution >= 0.6 is 21.6 Å². The molecule has 0 atom stereocenters. The van der Waals surface area contributed by atoms with E-state index in [1.807, 2.05) is 0 Å². The number of carboxylic acid groups (broad SMARTS) is 1. The van der Waals surface area contributed by atoms with Crippen molar-refractivity contribution in [1.29, 1.82) is 0 Å². The highest BCUT2D eigenvalue weighted by molar-refractivity contribution is 8.76. The number of hydrogen-bond donors (Lipinski definition) is 2. The molecule has 5 heteroatoms. The first-order chi connectivity index (χ1) is 3.77. The fraction of sp³-hybridized carbons (Fsp3) is 0.667. The van der Waals surface area contributed by atoms with E-state index in [4.69, 9.17) is 10.8 Å². The van der Waals surface area contributed by atoms with Crippen LogP contribution in [-0.4, -0.2) is 22.7 Å². The quantitative estimate of drug-likeness (QED) is 0.347. The number of carboxylic acids is 1. The van der Waals surface area contributed by atoms with Crippen molar-refractivity contribution in [2.24, 2.45) is 5.73 Å². The van der Waals surface area contributed by atoms with E-state index < -0.39 is 5.97 Å². The van der Waals surface area contributed by atoms with Crippen LogP contribution in [0.2, 0.25) is 0 Å². The summed E-state index contributed by atoms with van der Waals surface area (Å²) in [6.07, 6.45) is 0. The van der Waals surface area contributed by atoms with Gasteiger partial charge in [-0.2, -0.15) is 0 Å². The van der Waals surface area contributed by atoms with Crippen LogP contribution in [0.3, 0.4) is 0 Å². The van der Waals surface area contributed by atoms with Crippen molar-refractivity contribution in [3.63, 3.8) is 0 Å². The Morgan fingerprint density at radius 3 is 2.62 bits per heavy atom. The first-order valence-corrected chi connectivity index (χ1v) is 4.42. The van der Waals surface area contributed by atoms with Gasteiger partial charge in [0, 0.05) is 5.88 Å². The molecule has 0 aromatic heterocycles. The molecule has 3 nitrogen and oxygen atoms in total. The minimum Gasteiger partial charge on any atom is -0.481 e. The van der Waals surface area contributed by atoms with E-state index >= 15 is 0 Å². The van der Waals surface area contributed by atoms with Crippen molar-refractivity contribution in [2.75, 3.05) is 11.6 Å². The summed E-state index contributed by atoms with van der Waals surface area (Å²) < 4.78 is 0. The summed E-state index contributed by atoms with van der Waals surface area (Å²) in [5.74, 6) is -0.198. The molecule has 0 radical (unpaired) electrons. The van der Waals surface area contributed by atoms with Crippen LogP contribution in [0.25, 0.3) is 0 Å². The predicted molar refractivity (Wildman–Crippen MR) is 36.7 cm³/mol. The number of carbonyl (C=O) groups is 1. The summed E-state index contributed by atoms with van der Waals surface area (Å²) in [5.41, 5.74) is 5.06. The number of rotatable bonds is 4. The lowest BCUT2D eigenvalue weighted by atomic mass is 10.8. The molecule has 0 aliphatic heterocycles. The maximum absolute atomic E-state index is 9.80. The molecule has 0 fully saturated rings. The largest absolute Gasteiger partial charge is 0.481 e. The van der Waals surface area contributed by atoms with Crippen LogP contribution in [0.5, 0.6) is 0 Å². The molecule has 8 heavy (non-hydrogen) atoms. The Labute approximate surface area is 55.4 Å². The van der Waals surface area contributed by atoms with Gasteiger partial charge in [0.05, 0.1) is 0 Å². The molecular weight excluding hydrogens is 146 g/mol. The lowest BCUT2D eigenvalue weighted by Gasteiger charge is -1.89. The normalized spacial score (nSPS) is 9.12. The molecule has 0 amide bonds. The molecule has 0 rings (SSSR count). The maximum atomic E-state index is 9.80. The molecular formula is C3H7NO2S2. The average molecular weight is 153 g/mol. The van der Waals surface area contributed by atoms with E-state index in [0.29, 0.717) is 5.88 Å². The molecule has 0 aromatic rings. The van der Waals surface area contributed by atoms with Crippen molar-refractivity contribution in [2.45, 2.75) is 0 Å². The van der Waals surface area contributed by atoms with Gasteiger partial charge < -0.3 is 10.8 Å².